The third-order valence-corrected chi connectivity index (χ3v) is 4.39. The van der Waals surface area contributed by atoms with E-state index in [1.165, 1.54) is 19.4 Å². The lowest BCUT2D eigenvalue weighted by molar-refractivity contribution is 0.1000. The van der Waals surface area contributed by atoms with Crippen LogP contribution in [0.5, 0.6) is 0 Å². The molecule has 2 rings (SSSR count). The van der Waals surface area contributed by atoms with Gasteiger partial charge in [-0.05, 0) is 50.6 Å². The van der Waals surface area contributed by atoms with Crippen LogP contribution in [0.3, 0.4) is 0 Å². The number of carbonyl (C=O) groups is 1. The van der Waals surface area contributed by atoms with Crippen LogP contribution in [0.15, 0.2) is 29.3 Å². The normalized spacial score (nSPS) is 17.8. The lowest BCUT2D eigenvalue weighted by Gasteiger charge is -2.24. The lowest BCUT2D eigenvalue weighted by atomic mass is 10.1. The number of hydrogen-bond acceptors (Lipinski definition) is 3. The molecular formula is C18H30IN5O. The number of likely N-dealkylation sites (N-methyl/N-ethyl adjacent to an activating group) is 1. The molecule has 0 radical (unpaired) electrons. The maximum absolute atomic E-state index is 11.3. The van der Waals surface area contributed by atoms with E-state index >= 15 is 0 Å². The molecule has 6 nitrogen and oxygen atoms in total. The Kier molecular flexibility index (Phi) is 9.81. The van der Waals surface area contributed by atoms with Gasteiger partial charge < -0.3 is 16.4 Å². The van der Waals surface area contributed by atoms with Crippen LogP contribution in [0.2, 0.25) is 0 Å². The van der Waals surface area contributed by atoms with Crippen molar-refractivity contribution in [3.05, 3.63) is 35.4 Å². The Morgan fingerprint density at radius 3 is 2.84 bits per heavy atom. The Labute approximate surface area is 167 Å². The van der Waals surface area contributed by atoms with E-state index in [2.05, 4.69) is 34.4 Å². The molecule has 1 aromatic rings. The second-order valence-electron chi connectivity index (χ2n) is 6.07. The maximum Gasteiger partial charge on any atom is 0.248 e. The first-order chi connectivity index (χ1) is 11.6. The van der Waals surface area contributed by atoms with Gasteiger partial charge in [0.1, 0.15) is 0 Å². The summed E-state index contributed by atoms with van der Waals surface area (Å²) in [6, 6.07) is 7.89. The highest BCUT2D eigenvalue weighted by molar-refractivity contribution is 14.0. The minimum Gasteiger partial charge on any atom is -0.366 e. The van der Waals surface area contributed by atoms with E-state index in [1.54, 1.807) is 12.1 Å². The average molecular weight is 459 g/mol. The molecule has 1 unspecified atom stereocenters. The molecule has 4 N–H and O–H groups in total. The number of guanidine groups is 1. The Hall–Kier alpha value is -1.35. The predicted molar refractivity (Wildman–Crippen MR) is 113 cm³/mol. The molecule has 0 bridgehead atoms. The standard InChI is InChI=1S/C18H29N5O.HI/c1-3-20-18(22-13-16-9-6-10-23(16)4-2)21-12-14-7-5-8-15(11-14)17(19)24;/h5,7-8,11,16H,3-4,6,9-10,12-13H2,1-2H3,(H2,19,24)(H2,20,21,22);1H. The summed E-state index contributed by atoms with van der Waals surface area (Å²) in [5.74, 6) is 0.400. The molecule has 0 saturated carbocycles. The zero-order valence-electron chi connectivity index (χ0n) is 15.1. The molecule has 25 heavy (non-hydrogen) atoms. The molecule has 1 aliphatic rings. The van der Waals surface area contributed by atoms with Crippen molar-refractivity contribution in [2.75, 3.05) is 26.2 Å². The largest absolute Gasteiger partial charge is 0.366 e. The number of hydrogen-bond donors (Lipinski definition) is 3. The number of primary amides is 1. The third-order valence-electron chi connectivity index (χ3n) is 4.39. The van der Waals surface area contributed by atoms with Crippen LogP contribution in [0, 0.1) is 0 Å². The maximum atomic E-state index is 11.3. The molecule has 1 heterocycles. The van der Waals surface area contributed by atoms with Crippen molar-refractivity contribution in [3.8, 4) is 0 Å². The number of nitrogens with two attached hydrogens (primary N) is 1. The van der Waals surface area contributed by atoms with Gasteiger partial charge in [0.2, 0.25) is 5.91 Å². The first-order valence-electron chi connectivity index (χ1n) is 8.79. The predicted octanol–water partition coefficient (Wildman–Crippen LogP) is 1.94. The molecule has 1 saturated heterocycles. The Bertz CT molecular complexity index is 578. The zero-order chi connectivity index (χ0) is 17.4. The first-order valence-corrected chi connectivity index (χ1v) is 8.79. The van der Waals surface area contributed by atoms with Crippen LogP contribution in [-0.4, -0.2) is 49.0 Å². The molecule has 0 spiro atoms. The highest BCUT2D eigenvalue weighted by Crippen LogP contribution is 2.15. The van der Waals surface area contributed by atoms with E-state index in [9.17, 15) is 4.79 Å². The topological polar surface area (TPSA) is 82.7 Å². The minimum absolute atomic E-state index is 0. The van der Waals surface area contributed by atoms with Crippen molar-refractivity contribution in [3.63, 3.8) is 0 Å². The quantitative estimate of drug-likeness (QED) is 0.331. The fourth-order valence-corrected chi connectivity index (χ4v) is 3.09. The van der Waals surface area contributed by atoms with E-state index in [0.717, 1.165) is 31.2 Å². The number of amides is 1. The summed E-state index contributed by atoms with van der Waals surface area (Å²) in [5.41, 5.74) is 6.82. The number of likely N-dealkylation sites (tertiary alicyclic amines) is 1. The van der Waals surface area contributed by atoms with Crippen LogP contribution < -0.4 is 16.4 Å². The van der Waals surface area contributed by atoms with Gasteiger partial charge in [-0.15, -0.1) is 24.0 Å². The van der Waals surface area contributed by atoms with E-state index in [4.69, 9.17) is 5.73 Å². The van der Waals surface area contributed by atoms with Gasteiger partial charge >= 0.3 is 0 Å². The van der Waals surface area contributed by atoms with E-state index in [-0.39, 0.29) is 24.0 Å². The van der Waals surface area contributed by atoms with Crippen molar-refractivity contribution in [2.24, 2.45) is 10.7 Å². The summed E-state index contributed by atoms with van der Waals surface area (Å²) in [7, 11) is 0. The molecule has 1 aliphatic heterocycles. The molecule has 0 aromatic heterocycles. The van der Waals surface area contributed by atoms with Gasteiger partial charge in [-0.25, -0.2) is 4.99 Å². The fraction of sp³-hybridized carbons (Fsp3) is 0.556. The van der Waals surface area contributed by atoms with Crippen LogP contribution in [-0.2, 0) is 6.54 Å². The number of nitrogens with one attached hydrogen (secondary N) is 2. The molecule has 0 aliphatic carbocycles. The number of aliphatic imine (C=N–C) groups is 1. The van der Waals surface area contributed by atoms with Crippen molar-refractivity contribution >= 4 is 35.8 Å². The number of benzene rings is 1. The van der Waals surface area contributed by atoms with Gasteiger partial charge in [-0.1, -0.05) is 19.1 Å². The summed E-state index contributed by atoms with van der Waals surface area (Å²) >= 11 is 0. The monoisotopic (exact) mass is 459 g/mol. The molecular weight excluding hydrogens is 429 g/mol. The van der Waals surface area contributed by atoms with Crippen molar-refractivity contribution < 1.29 is 4.79 Å². The number of nitrogens with zero attached hydrogens (tertiary/aromatic N) is 2. The van der Waals surface area contributed by atoms with Crippen LogP contribution >= 0.6 is 24.0 Å². The SMILES string of the molecule is CCNC(=NCc1cccc(C(N)=O)c1)NCC1CCCN1CC.I. The highest BCUT2D eigenvalue weighted by atomic mass is 127. The van der Waals surface area contributed by atoms with Crippen LogP contribution in [0.4, 0.5) is 0 Å². The van der Waals surface area contributed by atoms with Gasteiger partial charge in [-0.3, -0.25) is 9.69 Å². The number of carbonyl (C=O) groups excluding carboxylic acids is 1. The van der Waals surface area contributed by atoms with Gasteiger partial charge in [0.25, 0.3) is 0 Å². The molecule has 7 heteroatoms. The zero-order valence-corrected chi connectivity index (χ0v) is 17.5. The van der Waals surface area contributed by atoms with Gasteiger partial charge in [0, 0.05) is 24.7 Å². The van der Waals surface area contributed by atoms with E-state index in [1.807, 2.05) is 12.1 Å². The molecule has 1 fully saturated rings. The Morgan fingerprint density at radius 2 is 2.16 bits per heavy atom. The second kappa shape index (κ2) is 11.3. The average Bonchev–Trinajstić information content (AvgIpc) is 3.05. The van der Waals surface area contributed by atoms with Crippen LogP contribution in [0.1, 0.15) is 42.6 Å². The van der Waals surface area contributed by atoms with Crippen molar-refractivity contribution in [2.45, 2.75) is 39.3 Å². The smallest absolute Gasteiger partial charge is 0.248 e. The van der Waals surface area contributed by atoms with Crippen molar-refractivity contribution in [1.82, 2.24) is 15.5 Å². The molecule has 140 valence electrons. The van der Waals surface area contributed by atoms with Gasteiger partial charge in [0.05, 0.1) is 6.54 Å². The number of halogens is 1. The Morgan fingerprint density at radius 1 is 1.36 bits per heavy atom. The number of rotatable bonds is 7. The van der Waals surface area contributed by atoms with Crippen molar-refractivity contribution in [1.29, 1.82) is 0 Å². The highest BCUT2D eigenvalue weighted by Gasteiger charge is 2.22. The van der Waals surface area contributed by atoms with Gasteiger partial charge in [-0.2, -0.15) is 0 Å². The summed E-state index contributed by atoms with van der Waals surface area (Å²) in [6.07, 6.45) is 2.51. The van der Waals surface area contributed by atoms with E-state index in [0.29, 0.717) is 18.2 Å². The van der Waals surface area contributed by atoms with Gasteiger partial charge in [0.15, 0.2) is 5.96 Å². The molecule has 1 amide bonds. The first kappa shape index (κ1) is 21.7. The summed E-state index contributed by atoms with van der Waals surface area (Å²) in [5, 5.41) is 6.72. The summed E-state index contributed by atoms with van der Waals surface area (Å²) < 4.78 is 0. The third kappa shape index (κ3) is 6.81. The summed E-state index contributed by atoms with van der Waals surface area (Å²) in [4.78, 5) is 18.4. The molecule has 1 aromatic carbocycles. The lowest BCUT2D eigenvalue weighted by Crippen LogP contribution is -2.44. The van der Waals surface area contributed by atoms with E-state index < -0.39 is 5.91 Å². The van der Waals surface area contributed by atoms with Crippen LogP contribution in [0.25, 0.3) is 0 Å². The summed E-state index contributed by atoms with van der Waals surface area (Å²) in [6.45, 7) is 8.79. The molecule has 1 atom stereocenters. The minimum atomic E-state index is -0.410. The second-order valence-corrected chi connectivity index (χ2v) is 6.07. The fourth-order valence-electron chi connectivity index (χ4n) is 3.09. The Balaban J connectivity index is 0.00000312.